The minimum absolute atomic E-state index is 0.307. The second-order valence-corrected chi connectivity index (χ2v) is 8.55. The number of carbonyl (C=O) groups is 1. The molecule has 2 aromatic rings. The molecule has 0 aliphatic heterocycles. The largest absolute Gasteiger partial charge is 0.324 e. The van der Waals surface area contributed by atoms with Crippen LogP contribution >= 0.6 is 11.6 Å². The Balaban J connectivity index is 2.32. The van der Waals surface area contributed by atoms with Crippen LogP contribution in [0, 0.1) is 13.8 Å². The lowest BCUT2D eigenvalue weighted by Gasteiger charge is -2.24. The van der Waals surface area contributed by atoms with E-state index in [0.717, 1.165) is 33.8 Å². The van der Waals surface area contributed by atoms with Crippen LogP contribution in [0.4, 0.5) is 11.4 Å². The van der Waals surface area contributed by atoms with Crippen molar-refractivity contribution < 1.29 is 13.2 Å². The minimum atomic E-state index is -3.64. The molecular formula is C19H23ClN2O3S. The molecule has 7 heteroatoms. The van der Waals surface area contributed by atoms with Gasteiger partial charge in [0, 0.05) is 10.7 Å². The Kier molecular flexibility index (Phi) is 6.31. The summed E-state index contributed by atoms with van der Waals surface area (Å²) < 4.78 is 25.6. The number of nitrogens with one attached hydrogen (secondary N) is 1. The second-order valence-electron chi connectivity index (χ2n) is 6.21. The Morgan fingerprint density at radius 2 is 1.85 bits per heavy atom. The normalized spacial score (nSPS) is 11.3. The number of amides is 1. The van der Waals surface area contributed by atoms with Gasteiger partial charge in [-0.3, -0.25) is 9.10 Å². The summed E-state index contributed by atoms with van der Waals surface area (Å²) in [6.07, 6.45) is 1.85. The Hall–Kier alpha value is -2.05. The van der Waals surface area contributed by atoms with Gasteiger partial charge >= 0.3 is 0 Å². The molecule has 0 fully saturated rings. The lowest BCUT2D eigenvalue weighted by Crippen LogP contribution is -2.38. The first-order valence-corrected chi connectivity index (χ1v) is 10.5. The van der Waals surface area contributed by atoms with E-state index in [1.807, 2.05) is 32.0 Å². The molecule has 0 aliphatic rings. The Bertz CT molecular complexity index is 926. The highest BCUT2D eigenvalue weighted by Gasteiger charge is 2.23. The number of rotatable bonds is 6. The zero-order chi connectivity index (χ0) is 19.5. The van der Waals surface area contributed by atoms with Crippen LogP contribution in [0.25, 0.3) is 0 Å². The van der Waals surface area contributed by atoms with Gasteiger partial charge in [0.25, 0.3) is 0 Å². The third kappa shape index (κ3) is 4.77. The molecule has 0 spiro atoms. The minimum Gasteiger partial charge on any atom is -0.324 e. The summed E-state index contributed by atoms with van der Waals surface area (Å²) in [4.78, 5) is 12.6. The first kappa shape index (κ1) is 20.3. The molecule has 5 nitrogen and oxygen atoms in total. The van der Waals surface area contributed by atoms with Gasteiger partial charge in [0.2, 0.25) is 15.9 Å². The maximum atomic E-state index is 12.6. The van der Waals surface area contributed by atoms with Gasteiger partial charge in [-0.05, 0) is 55.2 Å². The van der Waals surface area contributed by atoms with Gasteiger partial charge in [0.1, 0.15) is 6.54 Å². The van der Waals surface area contributed by atoms with Crippen LogP contribution in [0.3, 0.4) is 0 Å². The van der Waals surface area contributed by atoms with Crippen molar-refractivity contribution in [3.63, 3.8) is 0 Å². The molecule has 0 aliphatic carbocycles. The first-order valence-electron chi connectivity index (χ1n) is 8.25. The standard InChI is InChI=1S/C19H23ClN2O3S/c1-5-15-8-6-7-13(2)19(15)21-18(23)12-22(26(4,24)25)17-10-9-16(20)11-14(17)3/h6-11H,5,12H2,1-4H3,(H,21,23). The van der Waals surface area contributed by atoms with E-state index >= 15 is 0 Å². The number of halogens is 1. The smallest absolute Gasteiger partial charge is 0.245 e. The van der Waals surface area contributed by atoms with E-state index in [2.05, 4.69) is 5.32 Å². The number of sulfonamides is 1. The number of anilines is 2. The monoisotopic (exact) mass is 394 g/mol. The van der Waals surface area contributed by atoms with Crippen LogP contribution in [0.2, 0.25) is 5.02 Å². The predicted octanol–water partition coefficient (Wildman–Crippen LogP) is 3.92. The lowest BCUT2D eigenvalue weighted by molar-refractivity contribution is -0.114. The summed E-state index contributed by atoms with van der Waals surface area (Å²) >= 11 is 5.95. The molecule has 0 atom stereocenters. The molecule has 0 bridgehead atoms. The molecule has 0 saturated heterocycles. The fraction of sp³-hybridized carbons (Fsp3) is 0.316. The van der Waals surface area contributed by atoms with Crippen LogP contribution in [-0.2, 0) is 21.2 Å². The lowest BCUT2D eigenvalue weighted by atomic mass is 10.1. The molecular weight excluding hydrogens is 372 g/mol. The van der Waals surface area contributed by atoms with Crippen LogP contribution in [0.1, 0.15) is 23.6 Å². The van der Waals surface area contributed by atoms with Crippen molar-refractivity contribution in [1.29, 1.82) is 0 Å². The van der Waals surface area contributed by atoms with Crippen LogP contribution in [0.15, 0.2) is 36.4 Å². The first-order chi connectivity index (χ1) is 12.1. The number of hydrogen-bond donors (Lipinski definition) is 1. The topological polar surface area (TPSA) is 66.5 Å². The summed E-state index contributed by atoms with van der Waals surface area (Å²) in [6.45, 7) is 5.36. The quantitative estimate of drug-likeness (QED) is 0.807. The van der Waals surface area contributed by atoms with Gasteiger partial charge < -0.3 is 5.32 Å². The summed E-state index contributed by atoms with van der Waals surface area (Å²) in [6, 6.07) is 10.7. The van der Waals surface area contributed by atoms with E-state index in [9.17, 15) is 13.2 Å². The molecule has 140 valence electrons. The molecule has 0 saturated carbocycles. The summed E-state index contributed by atoms with van der Waals surface area (Å²) in [5, 5.41) is 3.37. The van der Waals surface area contributed by atoms with E-state index in [4.69, 9.17) is 11.6 Å². The fourth-order valence-electron chi connectivity index (χ4n) is 2.79. The SMILES string of the molecule is CCc1cccc(C)c1NC(=O)CN(c1ccc(Cl)cc1C)S(C)(=O)=O. The van der Waals surface area contributed by atoms with E-state index in [0.29, 0.717) is 16.3 Å². The van der Waals surface area contributed by atoms with Gasteiger partial charge in [-0.1, -0.05) is 36.7 Å². The highest BCUT2D eigenvalue weighted by molar-refractivity contribution is 7.92. The third-order valence-corrected chi connectivity index (χ3v) is 5.48. The van der Waals surface area contributed by atoms with Gasteiger partial charge in [-0.25, -0.2) is 8.42 Å². The van der Waals surface area contributed by atoms with Gasteiger partial charge in [0.15, 0.2) is 0 Å². The van der Waals surface area contributed by atoms with Gasteiger partial charge in [-0.2, -0.15) is 0 Å². The summed E-state index contributed by atoms with van der Waals surface area (Å²) in [5.41, 5.74) is 3.80. The van der Waals surface area contributed by atoms with E-state index < -0.39 is 15.9 Å². The molecule has 0 heterocycles. The number of para-hydroxylation sites is 1. The maximum absolute atomic E-state index is 12.6. The fourth-order valence-corrected chi connectivity index (χ4v) is 3.93. The molecule has 0 aromatic heterocycles. The Morgan fingerprint density at radius 1 is 1.15 bits per heavy atom. The van der Waals surface area contributed by atoms with Crippen molar-refractivity contribution in [2.75, 3.05) is 22.4 Å². The van der Waals surface area contributed by atoms with E-state index in [-0.39, 0.29) is 6.54 Å². The van der Waals surface area contributed by atoms with Crippen molar-refractivity contribution in [3.05, 3.63) is 58.1 Å². The molecule has 26 heavy (non-hydrogen) atoms. The van der Waals surface area contributed by atoms with Crippen LogP contribution in [0.5, 0.6) is 0 Å². The van der Waals surface area contributed by atoms with Crippen LogP contribution in [-0.4, -0.2) is 27.1 Å². The van der Waals surface area contributed by atoms with Crippen molar-refractivity contribution >= 4 is 38.9 Å². The maximum Gasteiger partial charge on any atom is 0.245 e. The Labute approximate surface area is 160 Å². The second kappa shape index (κ2) is 8.10. The summed E-state index contributed by atoms with van der Waals surface area (Å²) in [5.74, 6) is -0.395. The number of nitrogens with zero attached hydrogens (tertiary/aromatic N) is 1. The zero-order valence-corrected chi connectivity index (χ0v) is 16.9. The molecule has 1 N–H and O–H groups in total. The molecule has 0 unspecified atom stereocenters. The predicted molar refractivity (Wildman–Crippen MR) is 108 cm³/mol. The average molecular weight is 395 g/mol. The Morgan fingerprint density at radius 3 is 2.42 bits per heavy atom. The molecule has 0 radical (unpaired) electrons. The van der Waals surface area contributed by atoms with Crippen molar-refractivity contribution in [1.82, 2.24) is 0 Å². The number of aryl methyl sites for hydroxylation is 3. The number of hydrogen-bond acceptors (Lipinski definition) is 3. The highest BCUT2D eigenvalue weighted by atomic mass is 35.5. The highest BCUT2D eigenvalue weighted by Crippen LogP contribution is 2.26. The zero-order valence-electron chi connectivity index (χ0n) is 15.3. The van der Waals surface area contributed by atoms with Crippen molar-refractivity contribution in [2.45, 2.75) is 27.2 Å². The van der Waals surface area contributed by atoms with Crippen molar-refractivity contribution in [2.24, 2.45) is 0 Å². The van der Waals surface area contributed by atoms with Gasteiger partial charge in [0.05, 0.1) is 11.9 Å². The van der Waals surface area contributed by atoms with E-state index in [1.54, 1.807) is 25.1 Å². The molecule has 2 rings (SSSR count). The van der Waals surface area contributed by atoms with Crippen LogP contribution < -0.4 is 9.62 Å². The van der Waals surface area contributed by atoms with E-state index in [1.165, 1.54) is 0 Å². The average Bonchev–Trinajstić information content (AvgIpc) is 2.54. The van der Waals surface area contributed by atoms with Crippen molar-refractivity contribution in [3.8, 4) is 0 Å². The molecule has 1 amide bonds. The number of benzene rings is 2. The third-order valence-electron chi connectivity index (χ3n) is 4.12. The molecule has 2 aromatic carbocycles. The summed E-state index contributed by atoms with van der Waals surface area (Å²) in [7, 11) is -3.64. The number of carbonyl (C=O) groups excluding carboxylic acids is 1. The van der Waals surface area contributed by atoms with Gasteiger partial charge in [-0.15, -0.1) is 0 Å².